The molecule has 0 spiro atoms. The van der Waals surface area contributed by atoms with E-state index in [1.54, 1.807) is 17.5 Å². The van der Waals surface area contributed by atoms with Gasteiger partial charge in [-0.05, 0) is 57.7 Å². The summed E-state index contributed by atoms with van der Waals surface area (Å²) >= 11 is 1.68. The number of ketones is 1. The number of Topliss-reactive ketones (excluding diaryl/α,β-unsaturated/α-hetero) is 1. The molecule has 7 heteroatoms. The van der Waals surface area contributed by atoms with Crippen LogP contribution in [-0.2, 0) is 11.0 Å². The average molecular weight is 455 g/mol. The Bertz CT molecular complexity index is 1110. The van der Waals surface area contributed by atoms with Crippen molar-refractivity contribution in [3.05, 3.63) is 63.5 Å². The van der Waals surface area contributed by atoms with E-state index >= 15 is 0 Å². The van der Waals surface area contributed by atoms with Gasteiger partial charge in [0, 0.05) is 22.9 Å². The fraction of sp³-hybridized carbons (Fsp3) is 0.480. The zero-order chi connectivity index (χ0) is 23.1. The van der Waals surface area contributed by atoms with E-state index in [4.69, 9.17) is 0 Å². The van der Waals surface area contributed by atoms with Crippen LogP contribution < -0.4 is 5.32 Å². The number of aryl methyl sites for hydroxylation is 1. The number of carbonyl (C=O) groups is 1. The molecule has 0 radical (unpaired) electrons. The molecule has 0 aliphatic carbocycles. The highest BCUT2D eigenvalue weighted by Gasteiger charge is 2.39. The van der Waals surface area contributed by atoms with Crippen molar-refractivity contribution in [3.63, 3.8) is 0 Å². The monoisotopic (exact) mass is 454 g/mol. The predicted molar refractivity (Wildman–Crippen MR) is 127 cm³/mol. The average Bonchev–Trinajstić information content (AvgIpc) is 3.39. The lowest BCUT2D eigenvalue weighted by molar-refractivity contribution is 0.0944. The molecule has 5 nitrogen and oxygen atoms in total. The highest BCUT2D eigenvalue weighted by Crippen LogP contribution is 2.42. The van der Waals surface area contributed by atoms with Crippen molar-refractivity contribution in [1.82, 2.24) is 14.8 Å². The fourth-order valence-corrected chi connectivity index (χ4v) is 5.68. The van der Waals surface area contributed by atoms with Crippen LogP contribution in [0, 0.1) is 12.7 Å². The minimum Gasteiger partial charge on any atom is -0.360 e. The third-order valence-electron chi connectivity index (χ3n) is 6.90. The van der Waals surface area contributed by atoms with Gasteiger partial charge in [0.05, 0.1) is 23.3 Å². The molecule has 4 rings (SSSR count). The van der Waals surface area contributed by atoms with Gasteiger partial charge < -0.3 is 5.32 Å². The predicted octanol–water partition coefficient (Wildman–Crippen LogP) is 6.41. The molecule has 1 aliphatic heterocycles. The van der Waals surface area contributed by atoms with Crippen LogP contribution >= 0.6 is 11.3 Å². The second kappa shape index (κ2) is 8.43. The van der Waals surface area contributed by atoms with E-state index in [0.717, 1.165) is 35.7 Å². The second-order valence-corrected chi connectivity index (χ2v) is 10.7. The number of nitrogens with zero attached hydrogens (tertiary/aromatic N) is 3. The topological polar surface area (TPSA) is 59.8 Å². The van der Waals surface area contributed by atoms with Crippen LogP contribution in [-0.4, -0.2) is 20.5 Å². The van der Waals surface area contributed by atoms with Gasteiger partial charge in [-0.15, -0.1) is 11.3 Å². The fourth-order valence-electron chi connectivity index (χ4n) is 4.85. The number of rotatable bonds is 7. The standard InChI is InChI=1S/C25H31FN4OS/c1-6-25(7-2,17-8-10-18(26)11-9-17)13-21(31)19-15-28-30-22(19)29-20(12-24(30,4)5)23-27-14-16(3)32-23/h8-11,14-15,20,29H,6-7,12-13H2,1-5H3. The molecule has 3 aromatic rings. The number of nitrogens with one attached hydrogen (secondary N) is 1. The van der Waals surface area contributed by atoms with Gasteiger partial charge in [-0.1, -0.05) is 26.0 Å². The zero-order valence-corrected chi connectivity index (χ0v) is 20.2. The van der Waals surface area contributed by atoms with Crippen molar-refractivity contribution < 1.29 is 9.18 Å². The van der Waals surface area contributed by atoms with Crippen molar-refractivity contribution in [1.29, 1.82) is 0 Å². The van der Waals surface area contributed by atoms with E-state index in [9.17, 15) is 9.18 Å². The summed E-state index contributed by atoms with van der Waals surface area (Å²) in [6.07, 6.45) is 6.38. The van der Waals surface area contributed by atoms with Crippen molar-refractivity contribution in [2.45, 2.75) is 77.3 Å². The molecule has 1 aliphatic rings. The third kappa shape index (κ3) is 3.98. The first-order chi connectivity index (χ1) is 15.2. The van der Waals surface area contributed by atoms with E-state index in [0.29, 0.717) is 12.0 Å². The maximum atomic E-state index is 13.6. The summed E-state index contributed by atoms with van der Waals surface area (Å²) in [5, 5.41) is 9.19. The summed E-state index contributed by atoms with van der Waals surface area (Å²) in [5.74, 6) is 0.560. The molecule has 1 unspecified atom stereocenters. The number of hydrogen-bond acceptors (Lipinski definition) is 5. The first-order valence-corrected chi connectivity index (χ1v) is 12.1. The lowest BCUT2D eigenvalue weighted by atomic mass is 9.71. The van der Waals surface area contributed by atoms with E-state index < -0.39 is 0 Å². The quantitative estimate of drug-likeness (QED) is 0.419. The molecule has 0 saturated carbocycles. The molecule has 170 valence electrons. The number of fused-ring (bicyclic) bond motifs is 1. The molecule has 32 heavy (non-hydrogen) atoms. The van der Waals surface area contributed by atoms with Crippen molar-refractivity contribution in [2.75, 3.05) is 5.32 Å². The van der Waals surface area contributed by atoms with Gasteiger partial charge in [0.25, 0.3) is 0 Å². The van der Waals surface area contributed by atoms with E-state index in [2.05, 4.69) is 50.0 Å². The highest BCUT2D eigenvalue weighted by atomic mass is 32.1. The third-order valence-corrected chi connectivity index (χ3v) is 7.93. The van der Waals surface area contributed by atoms with Crippen molar-refractivity contribution in [3.8, 4) is 0 Å². The Morgan fingerprint density at radius 3 is 2.53 bits per heavy atom. The van der Waals surface area contributed by atoms with Gasteiger partial charge >= 0.3 is 0 Å². The van der Waals surface area contributed by atoms with Gasteiger partial charge in [-0.25, -0.2) is 14.1 Å². The Morgan fingerprint density at radius 2 is 1.94 bits per heavy atom. The van der Waals surface area contributed by atoms with Gasteiger partial charge in [0.15, 0.2) is 5.78 Å². The maximum absolute atomic E-state index is 13.6. The number of aromatic nitrogens is 3. The summed E-state index contributed by atoms with van der Waals surface area (Å²) in [7, 11) is 0. The molecule has 0 bridgehead atoms. The summed E-state index contributed by atoms with van der Waals surface area (Å²) in [6, 6.07) is 6.62. The number of benzene rings is 1. The molecule has 1 aromatic carbocycles. The van der Waals surface area contributed by atoms with E-state index in [-0.39, 0.29) is 28.6 Å². The van der Waals surface area contributed by atoms with Crippen LogP contribution in [0.3, 0.4) is 0 Å². The Morgan fingerprint density at radius 1 is 1.25 bits per heavy atom. The molecule has 0 fully saturated rings. The minimum absolute atomic E-state index is 0.0404. The van der Waals surface area contributed by atoms with Crippen LogP contribution in [0.2, 0.25) is 0 Å². The lowest BCUT2D eigenvalue weighted by Gasteiger charge is -2.37. The van der Waals surface area contributed by atoms with Gasteiger partial charge in [-0.3, -0.25) is 4.79 Å². The first kappa shape index (κ1) is 22.6. The molecule has 0 amide bonds. The molecule has 3 heterocycles. The zero-order valence-electron chi connectivity index (χ0n) is 19.4. The largest absolute Gasteiger partial charge is 0.360 e. The minimum atomic E-state index is -0.338. The Balaban J connectivity index is 1.67. The van der Waals surface area contributed by atoms with Crippen LogP contribution in [0.5, 0.6) is 0 Å². The summed E-state index contributed by atoms with van der Waals surface area (Å²) in [5.41, 5.74) is 1.04. The van der Waals surface area contributed by atoms with Crippen LogP contribution in [0.25, 0.3) is 0 Å². The van der Waals surface area contributed by atoms with Crippen molar-refractivity contribution in [2.24, 2.45) is 0 Å². The molecule has 2 aromatic heterocycles. The summed E-state index contributed by atoms with van der Waals surface area (Å²) < 4.78 is 15.5. The first-order valence-electron chi connectivity index (χ1n) is 11.3. The van der Waals surface area contributed by atoms with Crippen LogP contribution in [0.15, 0.2) is 36.7 Å². The number of hydrogen-bond donors (Lipinski definition) is 1. The Hall–Kier alpha value is -2.54. The Kier molecular flexibility index (Phi) is 5.96. The number of halogens is 1. The van der Waals surface area contributed by atoms with Gasteiger partial charge in [0.1, 0.15) is 16.6 Å². The molecule has 1 N–H and O–H groups in total. The Labute approximate surface area is 193 Å². The van der Waals surface area contributed by atoms with Gasteiger partial charge in [0.2, 0.25) is 0 Å². The maximum Gasteiger partial charge on any atom is 0.169 e. The summed E-state index contributed by atoms with van der Waals surface area (Å²) in [4.78, 5) is 19.4. The SMILES string of the molecule is CCC(CC)(CC(=O)c1cnn2c1NC(c1ncc(C)s1)CC2(C)C)c1ccc(F)cc1. The number of thiazole rings is 1. The molecule has 1 atom stereocenters. The van der Waals surface area contributed by atoms with Gasteiger partial charge in [-0.2, -0.15) is 5.10 Å². The lowest BCUT2D eigenvalue weighted by Crippen LogP contribution is -2.38. The molecular weight excluding hydrogens is 423 g/mol. The second-order valence-electron chi connectivity index (χ2n) is 9.44. The van der Waals surface area contributed by atoms with E-state index in [1.165, 1.54) is 17.0 Å². The smallest absolute Gasteiger partial charge is 0.169 e. The number of carbonyl (C=O) groups excluding carboxylic acids is 1. The highest BCUT2D eigenvalue weighted by molar-refractivity contribution is 7.11. The number of anilines is 1. The molecule has 0 saturated heterocycles. The molecular formula is C25H31FN4OS. The normalized spacial score (nSPS) is 17.6. The van der Waals surface area contributed by atoms with Crippen molar-refractivity contribution >= 4 is 22.9 Å². The van der Waals surface area contributed by atoms with Crippen LogP contribution in [0.4, 0.5) is 10.2 Å². The summed E-state index contributed by atoms with van der Waals surface area (Å²) in [6.45, 7) is 10.5. The van der Waals surface area contributed by atoms with E-state index in [1.807, 2.05) is 23.0 Å². The van der Waals surface area contributed by atoms with Crippen LogP contribution in [0.1, 0.15) is 85.2 Å².